The fourth-order valence-corrected chi connectivity index (χ4v) is 3.06. The van der Waals surface area contributed by atoms with Crippen molar-refractivity contribution in [2.75, 3.05) is 38.3 Å². The van der Waals surface area contributed by atoms with Crippen LogP contribution in [-0.2, 0) is 9.53 Å². The normalized spacial score (nSPS) is 23.4. The van der Waals surface area contributed by atoms with Crippen molar-refractivity contribution >= 4 is 11.6 Å². The van der Waals surface area contributed by atoms with Gasteiger partial charge in [0.05, 0.1) is 25.3 Å². The molecule has 114 valence electrons. The van der Waals surface area contributed by atoms with Gasteiger partial charge in [0.2, 0.25) is 5.91 Å². The highest BCUT2D eigenvalue weighted by Gasteiger charge is 2.30. The van der Waals surface area contributed by atoms with Gasteiger partial charge in [0.25, 0.3) is 0 Å². The van der Waals surface area contributed by atoms with E-state index in [1.165, 1.54) is 0 Å². The van der Waals surface area contributed by atoms with E-state index in [1.807, 2.05) is 36.2 Å². The second-order valence-electron chi connectivity index (χ2n) is 5.59. The molecule has 1 fully saturated rings. The molecule has 5 heteroatoms. The number of anilines is 1. The van der Waals surface area contributed by atoms with E-state index in [9.17, 15) is 4.79 Å². The summed E-state index contributed by atoms with van der Waals surface area (Å²) < 4.78 is 11.2. The molecule has 5 nitrogen and oxygen atoms in total. The summed E-state index contributed by atoms with van der Waals surface area (Å²) in [6.07, 6.45) is 1.47. The van der Waals surface area contributed by atoms with Crippen molar-refractivity contribution in [2.45, 2.75) is 18.9 Å². The Balaban J connectivity index is 1.83. The number of rotatable bonds is 4. The molecule has 1 amide bonds. The Labute approximate surface area is 125 Å². The van der Waals surface area contributed by atoms with Gasteiger partial charge in [-0.05, 0) is 25.6 Å². The van der Waals surface area contributed by atoms with Gasteiger partial charge >= 0.3 is 0 Å². The second-order valence-corrected chi connectivity index (χ2v) is 5.59. The molecule has 0 aromatic heterocycles. The van der Waals surface area contributed by atoms with Crippen molar-refractivity contribution in [1.29, 1.82) is 0 Å². The summed E-state index contributed by atoms with van der Waals surface area (Å²) in [6.45, 7) is 2.69. The van der Waals surface area contributed by atoms with Gasteiger partial charge in [-0.15, -0.1) is 0 Å². The lowest BCUT2D eigenvalue weighted by atomic mass is 9.98. The van der Waals surface area contributed by atoms with Gasteiger partial charge < -0.3 is 19.7 Å². The molecule has 0 bridgehead atoms. The van der Waals surface area contributed by atoms with Crippen LogP contribution < -0.4 is 15.0 Å². The Hall–Kier alpha value is -1.59. The first-order chi connectivity index (χ1) is 10.3. The molecule has 21 heavy (non-hydrogen) atoms. The molecule has 0 aliphatic carbocycles. The number of fused-ring (bicyclic) bond motifs is 1. The van der Waals surface area contributed by atoms with Crippen molar-refractivity contribution in [3.05, 3.63) is 24.3 Å². The molecule has 1 aromatic carbocycles. The highest BCUT2D eigenvalue weighted by Crippen LogP contribution is 2.32. The van der Waals surface area contributed by atoms with Crippen LogP contribution in [0.1, 0.15) is 12.8 Å². The molecule has 1 saturated heterocycles. The number of hydrogen-bond acceptors (Lipinski definition) is 4. The minimum Gasteiger partial charge on any atom is -0.491 e. The van der Waals surface area contributed by atoms with Crippen molar-refractivity contribution in [2.24, 2.45) is 5.92 Å². The number of hydrogen-bond donors (Lipinski definition) is 1. The molecule has 1 N–H and O–H groups in total. The highest BCUT2D eigenvalue weighted by molar-refractivity contribution is 5.95. The van der Waals surface area contributed by atoms with E-state index in [0.717, 1.165) is 31.1 Å². The first-order valence-corrected chi connectivity index (χ1v) is 7.57. The molecule has 2 aliphatic heterocycles. The summed E-state index contributed by atoms with van der Waals surface area (Å²) in [5.74, 6) is 1.37. The van der Waals surface area contributed by atoms with Crippen LogP contribution >= 0.6 is 0 Å². The molecule has 0 radical (unpaired) electrons. The van der Waals surface area contributed by atoms with Gasteiger partial charge in [0.1, 0.15) is 5.75 Å². The predicted octanol–water partition coefficient (Wildman–Crippen LogP) is 1.43. The van der Waals surface area contributed by atoms with E-state index < -0.39 is 0 Å². The van der Waals surface area contributed by atoms with Crippen molar-refractivity contribution in [3.8, 4) is 5.75 Å². The molecule has 2 aliphatic rings. The van der Waals surface area contributed by atoms with E-state index in [-0.39, 0.29) is 11.9 Å². The second kappa shape index (κ2) is 6.45. The van der Waals surface area contributed by atoms with Crippen molar-refractivity contribution < 1.29 is 14.3 Å². The van der Waals surface area contributed by atoms with Crippen LogP contribution in [0.2, 0.25) is 0 Å². The van der Waals surface area contributed by atoms with Gasteiger partial charge in [-0.1, -0.05) is 12.1 Å². The summed E-state index contributed by atoms with van der Waals surface area (Å²) in [5.41, 5.74) is 0.874. The van der Waals surface area contributed by atoms with Crippen LogP contribution in [0.4, 0.5) is 5.69 Å². The van der Waals surface area contributed by atoms with E-state index in [4.69, 9.17) is 9.47 Å². The SMILES string of the molecule is CNC(CN1C(=O)CCOc2ccccc21)C1CCOC1. The van der Waals surface area contributed by atoms with E-state index in [0.29, 0.717) is 25.5 Å². The maximum atomic E-state index is 12.4. The molecule has 0 spiro atoms. The molecular weight excluding hydrogens is 268 g/mol. The third kappa shape index (κ3) is 3.04. The molecule has 2 heterocycles. The summed E-state index contributed by atoms with van der Waals surface area (Å²) in [7, 11) is 1.95. The maximum Gasteiger partial charge on any atom is 0.230 e. The lowest BCUT2D eigenvalue weighted by molar-refractivity contribution is -0.118. The average molecular weight is 290 g/mol. The average Bonchev–Trinajstić information content (AvgIpc) is 2.98. The zero-order valence-corrected chi connectivity index (χ0v) is 12.4. The molecule has 2 unspecified atom stereocenters. The first-order valence-electron chi connectivity index (χ1n) is 7.57. The van der Waals surface area contributed by atoms with E-state index in [1.54, 1.807) is 0 Å². The molecule has 2 atom stereocenters. The van der Waals surface area contributed by atoms with Crippen LogP contribution in [0.5, 0.6) is 5.75 Å². The molecule has 3 rings (SSSR count). The number of benzene rings is 1. The highest BCUT2D eigenvalue weighted by atomic mass is 16.5. The van der Waals surface area contributed by atoms with Crippen LogP contribution in [0.25, 0.3) is 0 Å². The number of likely N-dealkylation sites (N-methyl/N-ethyl adjacent to an activating group) is 1. The minimum absolute atomic E-state index is 0.124. The number of amides is 1. The number of para-hydroxylation sites is 2. The zero-order chi connectivity index (χ0) is 14.7. The van der Waals surface area contributed by atoms with Gasteiger partial charge in [-0.25, -0.2) is 0 Å². The molecule has 1 aromatic rings. The third-order valence-electron chi connectivity index (χ3n) is 4.31. The van der Waals surface area contributed by atoms with Gasteiger partial charge in [0.15, 0.2) is 0 Å². The van der Waals surface area contributed by atoms with Crippen molar-refractivity contribution in [1.82, 2.24) is 5.32 Å². The number of nitrogens with zero attached hydrogens (tertiary/aromatic N) is 1. The fraction of sp³-hybridized carbons (Fsp3) is 0.562. The van der Waals surface area contributed by atoms with Gasteiger partial charge in [0, 0.05) is 25.1 Å². The standard InChI is InChI=1S/C16H22N2O3/c1-17-13(12-6-8-20-11-12)10-18-14-4-2-3-5-15(14)21-9-7-16(18)19/h2-5,12-13,17H,6-11H2,1H3. The third-order valence-corrected chi connectivity index (χ3v) is 4.31. The van der Waals surface area contributed by atoms with Crippen LogP contribution in [0, 0.1) is 5.92 Å². The summed E-state index contributed by atoms with van der Waals surface area (Å²) in [4.78, 5) is 14.3. The van der Waals surface area contributed by atoms with Gasteiger partial charge in [-0.2, -0.15) is 0 Å². The maximum absolute atomic E-state index is 12.4. The Morgan fingerprint density at radius 2 is 2.24 bits per heavy atom. The van der Waals surface area contributed by atoms with Gasteiger partial charge in [-0.3, -0.25) is 4.79 Å². The molecule has 0 saturated carbocycles. The lowest BCUT2D eigenvalue weighted by Gasteiger charge is -2.29. The quantitative estimate of drug-likeness (QED) is 0.911. The Bertz CT molecular complexity index is 500. The summed E-state index contributed by atoms with van der Waals surface area (Å²) >= 11 is 0. The van der Waals surface area contributed by atoms with Crippen molar-refractivity contribution in [3.63, 3.8) is 0 Å². The lowest BCUT2D eigenvalue weighted by Crippen LogP contribution is -2.46. The fourth-order valence-electron chi connectivity index (χ4n) is 3.06. The Morgan fingerprint density at radius 1 is 1.38 bits per heavy atom. The summed E-state index contributed by atoms with van der Waals surface area (Å²) in [6, 6.07) is 8.00. The smallest absolute Gasteiger partial charge is 0.230 e. The molecular formula is C16H22N2O3. The number of carbonyl (C=O) groups is 1. The minimum atomic E-state index is 0.124. The number of nitrogens with one attached hydrogen (secondary N) is 1. The Kier molecular flexibility index (Phi) is 4.41. The van der Waals surface area contributed by atoms with Crippen LogP contribution in [0.3, 0.4) is 0 Å². The number of carbonyl (C=O) groups excluding carboxylic acids is 1. The largest absolute Gasteiger partial charge is 0.491 e. The van der Waals surface area contributed by atoms with E-state index in [2.05, 4.69) is 5.32 Å². The summed E-state index contributed by atoms with van der Waals surface area (Å²) in [5, 5.41) is 3.35. The topological polar surface area (TPSA) is 50.8 Å². The van der Waals surface area contributed by atoms with E-state index >= 15 is 0 Å². The monoisotopic (exact) mass is 290 g/mol. The predicted molar refractivity (Wildman–Crippen MR) is 80.7 cm³/mol. The van der Waals surface area contributed by atoms with Crippen LogP contribution in [-0.4, -0.2) is 45.4 Å². The first kappa shape index (κ1) is 14.4. The Morgan fingerprint density at radius 3 is 3.00 bits per heavy atom. The number of ether oxygens (including phenoxy) is 2. The van der Waals surface area contributed by atoms with Crippen LogP contribution in [0.15, 0.2) is 24.3 Å². The zero-order valence-electron chi connectivity index (χ0n) is 12.4.